The molecular formula is C32H43F3N6O4. The lowest BCUT2D eigenvalue weighted by molar-refractivity contribution is -0.135. The van der Waals surface area contributed by atoms with Gasteiger partial charge in [-0.25, -0.2) is 4.98 Å². The van der Waals surface area contributed by atoms with Crippen LogP contribution in [0, 0.1) is 5.92 Å². The number of anilines is 1. The zero-order valence-electron chi connectivity index (χ0n) is 26.4. The van der Waals surface area contributed by atoms with E-state index in [2.05, 4.69) is 22.5 Å². The van der Waals surface area contributed by atoms with Gasteiger partial charge in [0.05, 0.1) is 30.7 Å². The third-order valence-corrected chi connectivity index (χ3v) is 7.59. The predicted molar refractivity (Wildman–Crippen MR) is 165 cm³/mol. The number of ether oxygens (including phenoxy) is 1. The van der Waals surface area contributed by atoms with Gasteiger partial charge >= 0.3 is 6.18 Å². The van der Waals surface area contributed by atoms with Crippen molar-refractivity contribution >= 4 is 23.5 Å². The first-order valence-corrected chi connectivity index (χ1v) is 14.9. The third-order valence-electron chi connectivity index (χ3n) is 7.59. The minimum absolute atomic E-state index is 0.0242. The van der Waals surface area contributed by atoms with E-state index in [1.165, 1.54) is 50.9 Å². The Hall–Kier alpha value is -3.97. The summed E-state index contributed by atoms with van der Waals surface area (Å²) >= 11 is 0. The molecule has 1 fully saturated rings. The second-order valence-electron chi connectivity index (χ2n) is 11.8. The minimum atomic E-state index is -4.70. The van der Waals surface area contributed by atoms with Gasteiger partial charge in [0.1, 0.15) is 12.1 Å². The molecule has 1 aliphatic heterocycles. The summed E-state index contributed by atoms with van der Waals surface area (Å²) in [6.45, 7) is 8.59. The number of hydrogen-bond acceptors (Lipinski definition) is 6. The SMILES string of the molecule is C/C=C(\C(=C/C)C(F)(F)F)C(C(=O)N1CCC(C)CC1)n1cnc(NC(=O)C(COCc2ccccc2)NC(=O)C(C)(C)N)c1. The van der Waals surface area contributed by atoms with Gasteiger partial charge in [-0.3, -0.25) is 14.4 Å². The number of alkyl halides is 3. The number of carbonyl (C=O) groups is 3. The van der Waals surface area contributed by atoms with Gasteiger partial charge in [-0.2, -0.15) is 13.2 Å². The molecule has 4 N–H and O–H groups in total. The van der Waals surface area contributed by atoms with Crippen molar-refractivity contribution in [1.82, 2.24) is 19.8 Å². The lowest BCUT2D eigenvalue weighted by atomic mass is 9.93. The summed E-state index contributed by atoms with van der Waals surface area (Å²) in [5, 5.41) is 5.18. The maximum atomic E-state index is 14.1. The highest BCUT2D eigenvalue weighted by Crippen LogP contribution is 2.38. The second-order valence-corrected chi connectivity index (χ2v) is 11.8. The van der Waals surface area contributed by atoms with Crippen molar-refractivity contribution < 1.29 is 32.3 Å². The predicted octanol–water partition coefficient (Wildman–Crippen LogP) is 4.52. The van der Waals surface area contributed by atoms with E-state index in [-0.39, 0.29) is 24.6 Å². The number of halogens is 3. The Kier molecular flexibility index (Phi) is 12.1. The quantitative estimate of drug-likeness (QED) is 0.295. The van der Waals surface area contributed by atoms with E-state index in [4.69, 9.17) is 10.5 Å². The van der Waals surface area contributed by atoms with Gasteiger partial charge in [-0.1, -0.05) is 49.4 Å². The normalized spacial score (nSPS) is 16.7. The Morgan fingerprint density at radius 2 is 1.76 bits per heavy atom. The summed E-state index contributed by atoms with van der Waals surface area (Å²) in [6.07, 6.45) is 1.51. The van der Waals surface area contributed by atoms with Crippen LogP contribution >= 0.6 is 0 Å². The number of allylic oxidation sites excluding steroid dienone is 3. The number of amides is 3. The van der Waals surface area contributed by atoms with Crippen molar-refractivity contribution in [2.75, 3.05) is 25.0 Å². The number of carbonyl (C=O) groups excluding carboxylic acids is 3. The molecule has 1 aromatic heterocycles. The van der Waals surface area contributed by atoms with Crippen molar-refractivity contribution in [2.45, 2.75) is 77.9 Å². The molecule has 45 heavy (non-hydrogen) atoms. The molecule has 246 valence electrons. The number of nitrogens with one attached hydrogen (secondary N) is 2. The van der Waals surface area contributed by atoms with E-state index in [9.17, 15) is 27.6 Å². The van der Waals surface area contributed by atoms with E-state index in [0.717, 1.165) is 24.5 Å². The molecule has 2 heterocycles. The van der Waals surface area contributed by atoms with E-state index in [1.54, 1.807) is 4.90 Å². The zero-order chi connectivity index (χ0) is 33.4. The lowest BCUT2D eigenvalue weighted by Gasteiger charge is -2.34. The van der Waals surface area contributed by atoms with Crippen molar-refractivity contribution in [3.8, 4) is 0 Å². The van der Waals surface area contributed by atoms with E-state index in [1.807, 2.05) is 30.3 Å². The Morgan fingerprint density at radius 3 is 2.31 bits per heavy atom. The van der Waals surface area contributed by atoms with Crippen LogP contribution in [0.15, 0.2) is 66.2 Å². The van der Waals surface area contributed by atoms with Gasteiger partial charge in [-0.15, -0.1) is 0 Å². The summed E-state index contributed by atoms with van der Waals surface area (Å²) in [6, 6.07) is 6.69. The molecule has 0 saturated carbocycles. The number of hydrogen-bond donors (Lipinski definition) is 3. The topological polar surface area (TPSA) is 132 Å². The van der Waals surface area contributed by atoms with Gasteiger partial charge in [0.2, 0.25) is 11.8 Å². The Balaban J connectivity index is 1.87. The molecule has 13 heteroatoms. The molecule has 0 aliphatic carbocycles. The average molecular weight is 633 g/mol. The highest BCUT2D eigenvalue weighted by atomic mass is 19.4. The zero-order valence-corrected chi connectivity index (χ0v) is 26.4. The molecule has 2 atom stereocenters. The summed E-state index contributed by atoms with van der Waals surface area (Å²) in [7, 11) is 0. The number of imidazole rings is 1. The molecular weight excluding hydrogens is 589 g/mol. The maximum Gasteiger partial charge on any atom is 0.416 e. The first kappa shape index (κ1) is 35.5. The Bertz CT molecular complexity index is 1370. The Morgan fingerprint density at radius 1 is 1.11 bits per heavy atom. The molecule has 3 rings (SSSR count). The fraction of sp³-hybridized carbons (Fsp3) is 0.500. The second kappa shape index (κ2) is 15.3. The van der Waals surface area contributed by atoms with E-state index in [0.29, 0.717) is 19.0 Å². The molecule has 3 amide bonds. The molecule has 0 spiro atoms. The fourth-order valence-electron chi connectivity index (χ4n) is 4.93. The smallest absolute Gasteiger partial charge is 0.374 e. The standard InChI is InChI=1S/C32H43F3N6O4/c1-6-23(24(7-2)32(33,34)35)27(29(43)40-15-13-21(3)14-16-40)41-17-26(37-20-41)39-28(42)25(38-30(44)31(4,5)36)19-45-18-22-11-9-8-10-12-22/h6-12,17,20-21,25,27H,13-16,18-19,36H2,1-5H3,(H,38,44)(H,39,42)/b23-6+,24-7+. The van der Waals surface area contributed by atoms with Crippen molar-refractivity contribution in [2.24, 2.45) is 11.7 Å². The van der Waals surface area contributed by atoms with E-state index < -0.39 is 47.1 Å². The molecule has 0 radical (unpaired) electrons. The van der Waals surface area contributed by atoms with Crippen LogP contribution in [-0.4, -0.2) is 69.6 Å². The first-order valence-electron chi connectivity index (χ1n) is 14.9. The summed E-state index contributed by atoms with van der Waals surface area (Å²) < 4.78 is 49.2. The van der Waals surface area contributed by atoms with Crippen LogP contribution < -0.4 is 16.4 Å². The average Bonchev–Trinajstić information content (AvgIpc) is 3.43. The number of piperidine rings is 1. The van der Waals surface area contributed by atoms with Crippen molar-refractivity contribution in [3.63, 3.8) is 0 Å². The minimum Gasteiger partial charge on any atom is -0.374 e. The van der Waals surface area contributed by atoms with Gasteiger partial charge in [0, 0.05) is 19.3 Å². The lowest BCUT2D eigenvalue weighted by Crippen LogP contribution is -2.56. The van der Waals surface area contributed by atoms with Crippen LogP contribution in [0.4, 0.5) is 19.0 Å². The van der Waals surface area contributed by atoms with Gasteiger partial charge < -0.3 is 30.6 Å². The largest absolute Gasteiger partial charge is 0.416 e. The highest BCUT2D eigenvalue weighted by molar-refractivity contribution is 5.98. The highest BCUT2D eigenvalue weighted by Gasteiger charge is 2.41. The van der Waals surface area contributed by atoms with Gasteiger partial charge in [0.15, 0.2) is 5.82 Å². The van der Waals surface area contributed by atoms with Crippen LogP contribution in [0.3, 0.4) is 0 Å². The van der Waals surface area contributed by atoms with Crippen molar-refractivity contribution in [1.29, 1.82) is 0 Å². The number of rotatable bonds is 12. The molecule has 1 aliphatic rings. The van der Waals surface area contributed by atoms with Crippen LogP contribution in [-0.2, 0) is 25.7 Å². The summed E-state index contributed by atoms with van der Waals surface area (Å²) in [5.41, 5.74) is 4.33. The molecule has 0 bridgehead atoms. The Labute approximate surface area is 261 Å². The van der Waals surface area contributed by atoms with Crippen LogP contribution in [0.1, 0.15) is 59.1 Å². The van der Waals surface area contributed by atoms with Crippen LogP contribution in [0.25, 0.3) is 0 Å². The number of benzene rings is 1. The monoisotopic (exact) mass is 632 g/mol. The van der Waals surface area contributed by atoms with Gasteiger partial charge in [-0.05, 0) is 57.6 Å². The fourth-order valence-corrected chi connectivity index (χ4v) is 4.93. The number of nitrogens with zero attached hydrogens (tertiary/aromatic N) is 3. The molecule has 1 aromatic carbocycles. The maximum absolute atomic E-state index is 14.1. The van der Waals surface area contributed by atoms with E-state index >= 15 is 0 Å². The molecule has 2 unspecified atom stereocenters. The van der Waals surface area contributed by atoms with Gasteiger partial charge in [0.25, 0.3) is 5.91 Å². The van der Waals surface area contributed by atoms with Crippen LogP contribution in [0.2, 0.25) is 0 Å². The third kappa shape index (κ3) is 9.76. The number of likely N-dealkylation sites (tertiary alicyclic amines) is 1. The first-order chi connectivity index (χ1) is 21.1. The summed E-state index contributed by atoms with van der Waals surface area (Å²) in [4.78, 5) is 45.6. The summed E-state index contributed by atoms with van der Waals surface area (Å²) in [5.74, 6) is -1.40. The molecule has 2 aromatic rings. The molecule has 1 saturated heterocycles. The number of aromatic nitrogens is 2. The number of nitrogens with two attached hydrogens (primary N) is 1. The van der Waals surface area contributed by atoms with Crippen LogP contribution in [0.5, 0.6) is 0 Å². The molecule has 10 nitrogen and oxygen atoms in total. The van der Waals surface area contributed by atoms with Crippen molar-refractivity contribution in [3.05, 3.63) is 71.7 Å².